The van der Waals surface area contributed by atoms with Crippen LogP contribution in [0.4, 0.5) is 24.7 Å². The number of aryl methyl sites for hydroxylation is 1. The predicted molar refractivity (Wildman–Crippen MR) is 146 cm³/mol. The number of anilines is 2. The van der Waals surface area contributed by atoms with Gasteiger partial charge in [0.2, 0.25) is 0 Å². The second-order valence-electron chi connectivity index (χ2n) is 10.6. The Hall–Kier alpha value is -3.15. The lowest BCUT2D eigenvalue weighted by Crippen LogP contribution is -2.39. The molecule has 0 saturated carbocycles. The fourth-order valence-corrected chi connectivity index (χ4v) is 5.47. The molecule has 12 heteroatoms. The number of benzene rings is 1. The van der Waals surface area contributed by atoms with Crippen LogP contribution in [-0.4, -0.2) is 62.3 Å². The summed E-state index contributed by atoms with van der Waals surface area (Å²) in [6.45, 7) is 4.86. The second-order valence-corrected chi connectivity index (χ2v) is 11.0. The molecular formula is C27H31ClF3N7O. The molecule has 1 fully saturated rings. The van der Waals surface area contributed by atoms with Crippen molar-refractivity contribution in [3.63, 3.8) is 0 Å². The highest BCUT2D eigenvalue weighted by Crippen LogP contribution is 2.51. The second kappa shape index (κ2) is 10.1. The van der Waals surface area contributed by atoms with Gasteiger partial charge in [0.15, 0.2) is 5.65 Å². The Balaban J connectivity index is 1.48. The van der Waals surface area contributed by atoms with E-state index in [0.29, 0.717) is 28.2 Å². The quantitative estimate of drug-likeness (QED) is 0.358. The molecule has 2 unspecified atom stereocenters. The first kappa shape index (κ1) is 27.4. The molecule has 0 amide bonds. The molecule has 39 heavy (non-hydrogen) atoms. The van der Waals surface area contributed by atoms with Crippen molar-refractivity contribution in [3.05, 3.63) is 52.8 Å². The van der Waals surface area contributed by atoms with E-state index in [1.54, 1.807) is 12.1 Å². The normalized spacial score (nSPS) is 22.1. The van der Waals surface area contributed by atoms with Gasteiger partial charge in [-0.05, 0) is 82.6 Å². The van der Waals surface area contributed by atoms with Gasteiger partial charge in [0, 0.05) is 16.3 Å². The smallest absolute Gasteiger partial charge is 0.383 e. The summed E-state index contributed by atoms with van der Waals surface area (Å²) in [6.07, 6.45) is -0.471. The Morgan fingerprint density at radius 1 is 1.21 bits per heavy atom. The van der Waals surface area contributed by atoms with E-state index in [0.717, 1.165) is 44.0 Å². The van der Waals surface area contributed by atoms with Gasteiger partial charge in [-0.3, -0.25) is 0 Å². The number of likely N-dealkylation sites (tertiary alicyclic amines) is 1. The van der Waals surface area contributed by atoms with Gasteiger partial charge in [0.25, 0.3) is 0 Å². The third kappa shape index (κ3) is 4.99. The SMILES string of the molecule is Cc1ccc(NC(O)C2=CC=C(Cl)C(C)(C(F)(F)F)C2)cc1-c1nn(C2CCN(C)CC2)c2ncnc(N)c12. The Labute approximate surface area is 229 Å². The molecule has 2 aromatic heterocycles. The van der Waals surface area contributed by atoms with E-state index < -0.39 is 24.2 Å². The number of aromatic nitrogens is 4. The lowest BCUT2D eigenvalue weighted by Gasteiger charge is -2.36. The molecule has 0 radical (unpaired) electrons. The van der Waals surface area contributed by atoms with Crippen molar-refractivity contribution < 1.29 is 18.3 Å². The summed E-state index contributed by atoms with van der Waals surface area (Å²) in [5.74, 6) is 0.314. The van der Waals surface area contributed by atoms with Crippen LogP contribution in [-0.2, 0) is 0 Å². The van der Waals surface area contributed by atoms with Crippen molar-refractivity contribution >= 4 is 34.1 Å². The first-order chi connectivity index (χ1) is 18.4. The van der Waals surface area contributed by atoms with Crippen LogP contribution in [0.3, 0.4) is 0 Å². The minimum absolute atomic E-state index is 0.163. The number of aliphatic hydroxyl groups excluding tert-OH is 1. The zero-order valence-electron chi connectivity index (χ0n) is 21.9. The maximum absolute atomic E-state index is 13.8. The standard InChI is InChI=1S/C27H31ClF3N7O/c1-15-4-6-17(35-25(39)16-5-7-20(28)26(2,13-16)27(29,30)31)12-19(15)22-21-23(32)33-14-34-24(21)38(36-22)18-8-10-37(3)11-9-18/h4-7,12,14,18,25,35,39H,8-11,13H2,1-3H3,(H2,32,33,34). The number of nitrogens with two attached hydrogens (primary N) is 1. The number of hydrogen-bond donors (Lipinski definition) is 3. The summed E-state index contributed by atoms with van der Waals surface area (Å²) in [4.78, 5) is 11.0. The van der Waals surface area contributed by atoms with E-state index in [9.17, 15) is 18.3 Å². The van der Waals surface area contributed by atoms with E-state index in [1.807, 2.05) is 17.7 Å². The van der Waals surface area contributed by atoms with Crippen molar-refractivity contribution in [2.45, 2.75) is 51.6 Å². The Bertz CT molecular complexity index is 1460. The number of piperidine rings is 1. The van der Waals surface area contributed by atoms with Gasteiger partial charge in [-0.1, -0.05) is 23.7 Å². The number of allylic oxidation sites excluding steroid dienone is 3. The van der Waals surface area contributed by atoms with Crippen molar-refractivity contribution in [1.29, 1.82) is 0 Å². The van der Waals surface area contributed by atoms with E-state index in [1.165, 1.54) is 18.5 Å². The fourth-order valence-electron chi connectivity index (χ4n) is 5.23. The van der Waals surface area contributed by atoms with E-state index in [2.05, 4.69) is 27.2 Å². The highest BCUT2D eigenvalue weighted by atomic mass is 35.5. The van der Waals surface area contributed by atoms with E-state index >= 15 is 0 Å². The van der Waals surface area contributed by atoms with Gasteiger partial charge in [-0.15, -0.1) is 0 Å². The van der Waals surface area contributed by atoms with Gasteiger partial charge < -0.3 is 21.1 Å². The van der Waals surface area contributed by atoms with Crippen LogP contribution in [0.25, 0.3) is 22.3 Å². The van der Waals surface area contributed by atoms with E-state index in [4.69, 9.17) is 22.4 Å². The van der Waals surface area contributed by atoms with Gasteiger partial charge >= 0.3 is 6.18 Å². The molecule has 1 aromatic carbocycles. The lowest BCUT2D eigenvalue weighted by atomic mass is 9.78. The summed E-state index contributed by atoms with van der Waals surface area (Å²) in [6, 6.07) is 5.58. The number of aliphatic hydroxyl groups is 1. The van der Waals surface area contributed by atoms with Crippen molar-refractivity contribution in [3.8, 4) is 11.3 Å². The average molecular weight is 562 g/mol. The monoisotopic (exact) mass is 561 g/mol. The number of rotatable bonds is 5. The van der Waals surface area contributed by atoms with Crippen LogP contribution in [0.1, 0.15) is 37.8 Å². The third-order valence-corrected chi connectivity index (χ3v) is 8.40. The molecule has 4 N–H and O–H groups in total. The molecule has 0 bridgehead atoms. The number of halogens is 4. The number of fused-ring (bicyclic) bond motifs is 1. The largest absolute Gasteiger partial charge is 0.399 e. The van der Waals surface area contributed by atoms with Crippen LogP contribution < -0.4 is 11.1 Å². The van der Waals surface area contributed by atoms with Gasteiger partial charge in [-0.2, -0.15) is 18.3 Å². The molecular weight excluding hydrogens is 531 g/mol. The molecule has 208 valence electrons. The molecule has 2 aliphatic rings. The molecule has 0 spiro atoms. The Morgan fingerprint density at radius 2 is 1.92 bits per heavy atom. The zero-order valence-corrected chi connectivity index (χ0v) is 22.7. The van der Waals surface area contributed by atoms with Crippen LogP contribution in [0.15, 0.2) is 47.3 Å². The molecule has 3 aromatic rings. The molecule has 1 aliphatic carbocycles. The molecule has 1 saturated heterocycles. The summed E-state index contributed by atoms with van der Waals surface area (Å²) in [5.41, 5.74) is 7.67. The molecule has 1 aliphatic heterocycles. The topological polar surface area (TPSA) is 105 Å². The number of nitrogens with one attached hydrogen (secondary N) is 1. The minimum Gasteiger partial charge on any atom is -0.383 e. The number of nitrogens with zero attached hydrogens (tertiary/aromatic N) is 5. The number of alkyl halides is 3. The van der Waals surface area contributed by atoms with E-state index in [-0.39, 0.29) is 16.6 Å². The predicted octanol–water partition coefficient (Wildman–Crippen LogP) is 5.40. The summed E-state index contributed by atoms with van der Waals surface area (Å²) in [7, 11) is 2.09. The molecule has 3 heterocycles. The van der Waals surface area contributed by atoms with Crippen molar-refractivity contribution in [1.82, 2.24) is 24.6 Å². The Kier molecular flexibility index (Phi) is 7.11. The third-order valence-electron chi connectivity index (χ3n) is 7.85. The maximum Gasteiger partial charge on any atom is 0.399 e. The van der Waals surface area contributed by atoms with Crippen molar-refractivity contribution in [2.24, 2.45) is 5.41 Å². The lowest BCUT2D eigenvalue weighted by molar-refractivity contribution is -0.202. The minimum atomic E-state index is -4.56. The average Bonchev–Trinajstić information content (AvgIpc) is 3.27. The first-order valence-electron chi connectivity index (χ1n) is 12.8. The van der Waals surface area contributed by atoms with Crippen LogP contribution >= 0.6 is 11.6 Å². The molecule has 2 atom stereocenters. The van der Waals surface area contributed by atoms with Crippen LogP contribution in [0.2, 0.25) is 0 Å². The van der Waals surface area contributed by atoms with Crippen molar-refractivity contribution in [2.75, 3.05) is 31.2 Å². The number of hydrogen-bond acceptors (Lipinski definition) is 7. The fraction of sp³-hybridized carbons (Fsp3) is 0.444. The Morgan fingerprint density at radius 3 is 2.62 bits per heavy atom. The van der Waals surface area contributed by atoms with Crippen LogP contribution in [0.5, 0.6) is 0 Å². The zero-order chi connectivity index (χ0) is 28.1. The summed E-state index contributed by atoms with van der Waals surface area (Å²) in [5, 5.41) is 19.1. The molecule has 8 nitrogen and oxygen atoms in total. The summed E-state index contributed by atoms with van der Waals surface area (Å²) < 4.78 is 43.2. The highest BCUT2D eigenvalue weighted by molar-refractivity contribution is 6.30. The first-order valence-corrected chi connectivity index (χ1v) is 13.1. The highest BCUT2D eigenvalue weighted by Gasteiger charge is 2.54. The van der Waals surface area contributed by atoms with Gasteiger partial charge in [0.1, 0.15) is 29.5 Å². The van der Waals surface area contributed by atoms with Gasteiger partial charge in [0.05, 0.1) is 11.4 Å². The maximum atomic E-state index is 13.8. The summed E-state index contributed by atoms with van der Waals surface area (Å²) >= 11 is 5.93. The molecule has 5 rings (SSSR count). The number of nitrogen functional groups attached to an aromatic ring is 1. The van der Waals surface area contributed by atoms with Crippen LogP contribution in [0, 0.1) is 12.3 Å². The van der Waals surface area contributed by atoms with Gasteiger partial charge in [-0.25, -0.2) is 14.6 Å².